The minimum absolute atomic E-state index is 0.130. The van der Waals surface area contributed by atoms with Crippen molar-refractivity contribution >= 4 is 17.5 Å². The molecule has 0 bridgehead atoms. The molecule has 1 fully saturated rings. The van der Waals surface area contributed by atoms with E-state index in [1.807, 2.05) is 4.90 Å². The van der Waals surface area contributed by atoms with Gasteiger partial charge >= 0.3 is 0 Å². The Bertz CT molecular complexity index is 800. The number of aryl methyl sites for hydroxylation is 2. The molecule has 1 amide bonds. The molecule has 0 spiro atoms. The average molecular weight is 362 g/mol. The molecule has 2 aromatic rings. The number of nitrogens with one attached hydrogen (secondary N) is 1. The number of carbonyl (C=O) groups excluding carboxylic acids is 1. The quantitative estimate of drug-likeness (QED) is 0.905. The lowest BCUT2D eigenvalue weighted by Crippen LogP contribution is -2.37. The van der Waals surface area contributed by atoms with Crippen LogP contribution >= 0.6 is 0 Å². The molecule has 1 aromatic heterocycles. The predicted octanol–water partition coefficient (Wildman–Crippen LogP) is 2.39. The highest BCUT2D eigenvalue weighted by Gasteiger charge is 2.18. The molecule has 0 saturated carbocycles. The molecule has 0 unspecified atom stereocenters. The zero-order valence-corrected chi connectivity index (χ0v) is 14.7. The number of morpholine rings is 1. The van der Waals surface area contributed by atoms with Crippen LogP contribution < -0.4 is 10.2 Å². The molecule has 0 atom stereocenters. The minimum Gasteiger partial charge on any atom is -0.378 e. The monoisotopic (exact) mass is 362 g/mol. The summed E-state index contributed by atoms with van der Waals surface area (Å²) in [5, 5.41) is 2.73. The van der Waals surface area contributed by atoms with Crippen molar-refractivity contribution in [1.82, 2.24) is 9.97 Å². The molecular weight excluding hydrogens is 342 g/mol. The highest BCUT2D eigenvalue weighted by Crippen LogP contribution is 2.21. The first kappa shape index (κ1) is 18.2. The van der Waals surface area contributed by atoms with E-state index in [0.29, 0.717) is 49.3 Å². The number of hydrogen-bond acceptors (Lipinski definition) is 5. The largest absolute Gasteiger partial charge is 0.378 e. The smallest absolute Gasteiger partial charge is 0.229 e. The molecule has 1 saturated heterocycles. The van der Waals surface area contributed by atoms with Gasteiger partial charge in [0.2, 0.25) is 11.9 Å². The van der Waals surface area contributed by atoms with E-state index in [1.165, 1.54) is 6.07 Å². The normalized spacial score (nSPS) is 14.4. The fourth-order valence-electron chi connectivity index (χ4n) is 2.81. The maximum Gasteiger partial charge on any atom is 0.229 e. The lowest BCUT2D eigenvalue weighted by Gasteiger charge is -2.27. The summed E-state index contributed by atoms with van der Waals surface area (Å²) >= 11 is 0. The molecule has 2 heterocycles. The Morgan fingerprint density at radius 3 is 2.46 bits per heavy atom. The van der Waals surface area contributed by atoms with Gasteiger partial charge in [0.1, 0.15) is 11.6 Å². The van der Waals surface area contributed by atoms with Crippen molar-refractivity contribution in [3.63, 3.8) is 0 Å². The van der Waals surface area contributed by atoms with E-state index in [-0.39, 0.29) is 12.0 Å². The molecule has 3 rings (SSSR count). The zero-order valence-electron chi connectivity index (χ0n) is 14.7. The van der Waals surface area contributed by atoms with Crippen LogP contribution in [-0.2, 0) is 16.0 Å². The number of halogens is 2. The van der Waals surface area contributed by atoms with Crippen LogP contribution in [0.25, 0.3) is 0 Å². The Morgan fingerprint density at radius 1 is 1.19 bits per heavy atom. The van der Waals surface area contributed by atoms with Crippen LogP contribution in [0.1, 0.15) is 17.0 Å². The van der Waals surface area contributed by atoms with Crippen molar-refractivity contribution in [2.24, 2.45) is 0 Å². The van der Waals surface area contributed by atoms with Crippen LogP contribution in [0.15, 0.2) is 18.2 Å². The van der Waals surface area contributed by atoms with Gasteiger partial charge in [0.25, 0.3) is 0 Å². The second-order valence-corrected chi connectivity index (χ2v) is 6.13. The maximum absolute atomic E-state index is 13.7. The van der Waals surface area contributed by atoms with E-state index < -0.39 is 17.5 Å². The predicted molar refractivity (Wildman–Crippen MR) is 93.2 cm³/mol. The summed E-state index contributed by atoms with van der Waals surface area (Å²) in [6.07, 6.45) is -0.198. The van der Waals surface area contributed by atoms with Gasteiger partial charge < -0.3 is 15.0 Å². The lowest BCUT2D eigenvalue weighted by atomic mass is 10.1. The molecular formula is C18H20F2N4O2. The van der Waals surface area contributed by atoms with Crippen LogP contribution in [0.5, 0.6) is 0 Å². The summed E-state index contributed by atoms with van der Waals surface area (Å²) in [6, 6.07) is 3.16. The van der Waals surface area contributed by atoms with Gasteiger partial charge in [-0.05, 0) is 25.5 Å². The van der Waals surface area contributed by atoms with Crippen molar-refractivity contribution in [2.45, 2.75) is 20.3 Å². The number of rotatable bonds is 4. The Labute approximate surface area is 150 Å². The SMILES string of the molecule is Cc1nc(N2CCOCC2)nc(C)c1NC(=O)Cc1ccc(F)cc1F. The number of ether oxygens (including phenoxy) is 1. The van der Waals surface area contributed by atoms with E-state index in [0.717, 1.165) is 12.1 Å². The summed E-state index contributed by atoms with van der Waals surface area (Å²) in [5.41, 5.74) is 1.90. The molecule has 26 heavy (non-hydrogen) atoms. The van der Waals surface area contributed by atoms with Gasteiger partial charge in [0.05, 0.1) is 36.7 Å². The van der Waals surface area contributed by atoms with Gasteiger partial charge in [-0.1, -0.05) is 6.07 Å². The molecule has 1 aliphatic rings. The highest BCUT2D eigenvalue weighted by molar-refractivity contribution is 5.93. The molecule has 0 aliphatic carbocycles. The van der Waals surface area contributed by atoms with Crippen LogP contribution in [-0.4, -0.2) is 42.2 Å². The molecule has 8 heteroatoms. The molecule has 0 radical (unpaired) electrons. The number of amides is 1. The summed E-state index contributed by atoms with van der Waals surface area (Å²) in [7, 11) is 0. The number of carbonyl (C=O) groups is 1. The number of aromatic nitrogens is 2. The van der Waals surface area contributed by atoms with Crippen LogP contribution in [0, 0.1) is 25.5 Å². The second kappa shape index (κ2) is 7.74. The van der Waals surface area contributed by atoms with E-state index >= 15 is 0 Å². The van der Waals surface area contributed by atoms with Gasteiger partial charge in [0, 0.05) is 19.2 Å². The zero-order chi connectivity index (χ0) is 18.7. The third-order valence-corrected chi connectivity index (χ3v) is 4.18. The van der Waals surface area contributed by atoms with Gasteiger partial charge in [-0.3, -0.25) is 4.79 Å². The van der Waals surface area contributed by atoms with Gasteiger partial charge in [-0.25, -0.2) is 18.7 Å². The molecule has 6 nitrogen and oxygen atoms in total. The van der Waals surface area contributed by atoms with Crippen molar-refractivity contribution < 1.29 is 18.3 Å². The Morgan fingerprint density at radius 2 is 1.85 bits per heavy atom. The van der Waals surface area contributed by atoms with E-state index in [2.05, 4.69) is 15.3 Å². The first-order chi connectivity index (χ1) is 12.4. The molecule has 138 valence electrons. The Kier molecular flexibility index (Phi) is 5.41. The van der Waals surface area contributed by atoms with Gasteiger partial charge in [-0.15, -0.1) is 0 Å². The summed E-state index contributed by atoms with van der Waals surface area (Å²) in [4.78, 5) is 23.2. The first-order valence-corrected chi connectivity index (χ1v) is 8.36. The van der Waals surface area contributed by atoms with E-state index in [9.17, 15) is 13.6 Å². The number of anilines is 2. The van der Waals surface area contributed by atoms with E-state index in [1.54, 1.807) is 13.8 Å². The molecule has 1 aliphatic heterocycles. The van der Waals surface area contributed by atoms with Crippen molar-refractivity contribution in [2.75, 3.05) is 36.5 Å². The first-order valence-electron chi connectivity index (χ1n) is 8.36. The second-order valence-electron chi connectivity index (χ2n) is 6.13. The Balaban J connectivity index is 1.73. The summed E-state index contributed by atoms with van der Waals surface area (Å²) < 4.78 is 32.0. The molecule has 1 aromatic carbocycles. The standard InChI is InChI=1S/C18H20F2N4O2/c1-11-17(12(2)22-18(21-11)24-5-7-26-8-6-24)23-16(25)9-13-3-4-14(19)10-15(13)20/h3-4,10H,5-9H2,1-2H3,(H,23,25). The van der Waals surface area contributed by atoms with E-state index in [4.69, 9.17) is 4.74 Å². The van der Waals surface area contributed by atoms with Crippen molar-refractivity contribution in [3.05, 3.63) is 46.8 Å². The minimum atomic E-state index is -0.743. The average Bonchev–Trinajstić information content (AvgIpc) is 2.61. The lowest BCUT2D eigenvalue weighted by molar-refractivity contribution is -0.115. The van der Waals surface area contributed by atoms with Crippen molar-refractivity contribution in [3.8, 4) is 0 Å². The number of nitrogens with zero attached hydrogens (tertiary/aromatic N) is 3. The maximum atomic E-state index is 13.7. The number of hydrogen-bond donors (Lipinski definition) is 1. The third-order valence-electron chi connectivity index (χ3n) is 4.18. The summed E-state index contributed by atoms with van der Waals surface area (Å²) in [6.45, 7) is 6.26. The molecule has 1 N–H and O–H groups in total. The number of benzene rings is 1. The van der Waals surface area contributed by atoms with Crippen LogP contribution in [0.3, 0.4) is 0 Å². The van der Waals surface area contributed by atoms with Crippen molar-refractivity contribution in [1.29, 1.82) is 0 Å². The van der Waals surface area contributed by atoms with Gasteiger partial charge in [-0.2, -0.15) is 0 Å². The fourth-order valence-corrected chi connectivity index (χ4v) is 2.81. The van der Waals surface area contributed by atoms with Crippen LogP contribution in [0.2, 0.25) is 0 Å². The topological polar surface area (TPSA) is 67.3 Å². The Hall–Kier alpha value is -2.61. The third kappa shape index (κ3) is 4.13. The van der Waals surface area contributed by atoms with Gasteiger partial charge in [0.15, 0.2) is 0 Å². The van der Waals surface area contributed by atoms with Crippen LogP contribution in [0.4, 0.5) is 20.4 Å². The fraction of sp³-hybridized carbons (Fsp3) is 0.389. The highest BCUT2D eigenvalue weighted by atomic mass is 19.1. The summed E-state index contributed by atoms with van der Waals surface area (Å²) in [5.74, 6) is -1.23.